The van der Waals surface area contributed by atoms with Crippen LogP contribution in [-0.4, -0.2) is 29.9 Å². The first-order valence-corrected chi connectivity index (χ1v) is 4.26. The Morgan fingerprint density at radius 3 is 3.08 bits per heavy atom. The first-order valence-electron chi connectivity index (χ1n) is 4.26. The minimum atomic E-state index is -0.139. The van der Waals surface area contributed by atoms with Crippen LogP contribution in [0, 0.1) is 17.2 Å². The van der Waals surface area contributed by atoms with Gasteiger partial charge in [0.05, 0.1) is 24.1 Å². The van der Waals surface area contributed by atoms with Crippen molar-refractivity contribution in [2.45, 2.75) is 18.5 Å². The fraction of sp³-hybridized carbons (Fsp3) is 0.556. The zero-order valence-electron chi connectivity index (χ0n) is 7.45. The quantitative estimate of drug-likeness (QED) is 0.559. The van der Waals surface area contributed by atoms with E-state index >= 15 is 0 Å². The lowest BCUT2D eigenvalue weighted by molar-refractivity contribution is -0.126. The van der Waals surface area contributed by atoms with Crippen molar-refractivity contribution in [1.82, 2.24) is 10.2 Å². The van der Waals surface area contributed by atoms with Crippen molar-refractivity contribution in [3.05, 3.63) is 12.3 Å². The molecule has 4 heteroatoms. The van der Waals surface area contributed by atoms with Crippen LogP contribution in [0.3, 0.4) is 0 Å². The third kappa shape index (κ3) is 0.973. The molecule has 0 radical (unpaired) electrons. The number of piperazine rings is 1. The molecule has 0 saturated carbocycles. The van der Waals surface area contributed by atoms with Gasteiger partial charge in [-0.3, -0.25) is 9.69 Å². The summed E-state index contributed by atoms with van der Waals surface area (Å²) in [5, 5.41) is 11.6. The standard InChI is InChI=1S/C9H11N3O/c1-5-8-6(4-10)3-7(12(8)2)9(13)11-5/h6-8H,1,3H2,2H3,(H,11,13). The Morgan fingerprint density at radius 1 is 1.77 bits per heavy atom. The lowest BCUT2D eigenvalue weighted by Crippen LogP contribution is -2.52. The van der Waals surface area contributed by atoms with Crippen molar-refractivity contribution >= 4 is 5.91 Å². The van der Waals surface area contributed by atoms with Crippen LogP contribution in [0.5, 0.6) is 0 Å². The lowest BCUT2D eigenvalue weighted by Gasteiger charge is -2.32. The molecular formula is C9H11N3O. The molecule has 3 unspecified atom stereocenters. The largest absolute Gasteiger partial charge is 0.327 e. The Labute approximate surface area is 76.8 Å². The number of amides is 1. The van der Waals surface area contributed by atoms with Crippen molar-refractivity contribution < 1.29 is 4.79 Å². The Balaban J connectivity index is 2.36. The van der Waals surface area contributed by atoms with Crippen LogP contribution in [0.2, 0.25) is 0 Å². The number of hydrogen-bond donors (Lipinski definition) is 1. The number of rotatable bonds is 0. The first-order chi connectivity index (χ1) is 6.15. The fourth-order valence-electron chi connectivity index (χ4n) is 2.23. The van der Waals surface area contributed by atoms with E-state index in [0.717, 1.165) is 0 Å². The van der Waals surface area contributed by atoms with E-state index in [9.17, 15) is 4.79 Å². The van der Waals surface area contributed by atoms with E-state index < -0.39 is 0 Å². The van der Waals surface area contributed by atoms with Crippen LogP contribution in [0.25, 0.3) is 0 Å². The maximum Gasteiger partial charge on any atom is 0.241 e. The summed E-state index contributed by atoms with van der Waals surface area (Å²) in [6.07, 6.45) is 0.628. The smallest absolute Gasteiger partial charge is 0.241 e. The number of nitriles is 1. The summed E-state index contributed by atoms with van der Waals surface area (Å²) in [6.45, 7) is 3.77. The van der Waals surface area contributed by atoms with Gasteiger partial charge in [-0.25, -0.2) is 0 Å². The van der Waals surface area contributed by atoms with Crippen LogP contribution in [0.4, 0.5) is 0 Å². The van der Waals surface area contributed by atoms with Gasteiger partial charge in [0.1, 0.15) is 0 Å². The first kappa shape index (κ1) is 8.27. The molecular weight excluding hydrogens is 166 g/mol. The Hall–Kier alpha value is -1.34. The average molecular weight is 177 g/mol. The highest BCUT2D eigenvalue weighted by Crippen LogP contribution is 2.34. The number of nitrogens with zero attached hydrogens (tertiary/aromatic N) is 2. The monoisotopic (exact) mass is 177 g/mol. The molecule has 0 spiro atoms. The SMILES string of the molecule is C=C1NC(=O)C2CC(C#N)C1N2C. The van der Waals surface area contributed by atoms with Crippen molar-refractivity contribution in [1.29, 1.82) is 5.26 Å². The fourth-order valence-corrected chi connectivity index (χ4v) is 2.23. The number of carbonyl (C=O) groups is 1. The van der Waals surface area contributed by atoms with Gasteiger partial charge in [0.2, 0.25) is 5.91 Å². The van der Waals surface area contributed by atoms with Crippen molar-refractivity contribution in [3.8, 4) is 6.07 Å². The Bertz CT molecular complexity index is 317. The number of hydrogen-bond acceptors (Lipinski definition) is 3. The second-order valence-corrected chi connectivity index (χ2v) is 3.61. The van der Waals surface area contributed by atoms with Crippen molar-refractivity contribution in [2.24, 2.45) is 5.92 Å². The van der Waals surface area contributed by atoms with E-state index in [1.54, 1.807) is 0 Å². The molecule has 0 aromatic heterocycles. The van der Waals surface area contributed by atoms with Gasteiger partial charge in [0.25, 0.3) is 0 Å². The van der Waals surface area contributed by atoms with Crippen LogP contribution in [0.1, 0.15) is 6.42 Å². The van der Waals surface area contributed by atoms with E-state index in [4.69, 9.17) is 5.26 Å². The van der Waals surface area contributed by atoms with E-state index in [0.29, 0.717) is 12.1 Å². The summed E-state index contributed by atoms with van der Waals surface area (Å²) >= 11 is 0. The lowest BCUT2D eigenvalue weighted by atomic mass is 10.0. The minimum absolute atomic E-state index is 0.00713. The molecule has 0 aliphatic carbocycles. The van der Waals surface area contributed by atoms with Gasteiger partial charge in [-0.1, -0.05) is 6.58 Å². The number of nitrogens with one attached hydrogen (secondary N) is 1. The molecule has 2 heterocycles. The maximum absolute atomic E-state index is 11.4. The molecule has 1 N–H and O–H groups in total. The van der Waals surface area contributed by atoms with Gasteiger partial charge in [0, 0.05) is 5.70 Å². The molecule has 1 amide bonds. The van der Waals surface area contributed by atoms with Gasteiger partial charge in [-0.2, -0.15) is 5.26 Å². The van der Waals surface area contributed by atoms with Gasteiger partial charge in [-0.05, 0) is 13.5 Å². The summed E-state index contributed by atoms with van der Waals surface area (Å²) in [7, 11) is 1.87. The van der Waals surface area contributed by atoms with Crippen LogP contribution in [0.15, 0.2) is 12.3 Å². The minimum Gasteiger partial charge on any atom is -0.327 e. The topological polar surface area (TPSA) is 56.1 Å². The summed E-state index contributed by atoms with van der Waals surface area (Å²) in [6, 6.07) is 2.09. The molecule has 2 saturated heterocycles. The van der Waals surface area contributed by atoms with Crippen LogP contribution >= 0.6 is 0 Å². The third-order valence-corrected chi connectivity index (χ3v) is 2.90. The predicted octanol–water partition coefficient (Wildman–Crippen LogP) is -0.158. The molecule has 13 heavy (non-hydrogen) atoms. The Morgan fingerprint density at radius 2 is 2.46 bits per heavy atom. The van der Waals surface area contributed by atoms with Gasteiger partial charge in [-0.15, -0.1) is 0 Å². The van der Waals surface area contributed by atoms with Crippen LogP contribution in [-0.2, 0) is 4.79 Å². The van der Waals surface area contributed by atoms with E-state index in [-0.39, 0.29) is 23.9 Å². The molecule has 2 rings (SSSR count). The highest BCUT2D eigenvalue weighted by Gasteiger charge is 2.47. The molecule has 68 valence electrons. The molecule has 4 nitrogen and oxygen atoms in total. The van der Waals surface area contributed by atoms with Crippen LogP contribution < -0.4 is 5.32 Å². The highest BCUT2D eigenvalue weighted by atomic mass is 16.2. The second-order valence-electron chi connectivity index (χ2n) is 3.61. The van der Waals surface area contributed by atoms with Gasteiger partial charge in [0.15, 0.2) is 0 Å². The summed E-state index contributed by atoms with van der Waals surface area (Å²) in [5.74, 6) is -0.122. The number of fused-ring (bicyclic) bond motifs is 2. The van der Waals surface area contributed by atoms with E-state index in [2.05, 4.69) is 18.0 Å². The molecule has 2 bridgehead atoms. The number of likely N-dealkylation sites (N-methyl/N-ethyl adjacent to an activating group) is 1. The van der Waals surface area contributed by atoms with E-state index in [1.807, 2.05) is 11.9 Å². The molecule has 3 atom stereocenters. The summed E-state index contributed by atoms with van der Waals surface area (Å²) < 4.78 is 0. The molecule has 0 aromatic carbocycles. The zero-order valence-corrected chi connectivity index (χ0v) is 7.45. The van der Waals surface area contributed by atoms with Crippen molar-refractivity contribution in [3.63, 3.8) is 0 Å². The predicted molar refractivity (Wildman–Crippen MR) is 46.3 cm³/mol. The van der Waals surface area contributed by atoms with Gasteiger partial charge < -0.3 is 5.32 Å². The Kier molecular flexibility index (Phi) is 1.64. The number of carbonyl (C=O) groups excluding carboxylic acids is 1. The second kappa shape index (κ2) is 2.57. The van der Waals surface area contributed by atoms with Crippen molar-refractivity contribution in [2.75, 3.05) is 7.05 Å². The normalized spacial score (nSPS) is 38.6. The average Bonchev–Trinajstić information content (AvgIpc) is 2.34. The van der Waals surface area contributed by atoms with E-state index in [1.165, 1.54) is 0 Å². The maximum atomic E-state index is 11.4. The molecule has 0 aromatic rings. The third-order valence-electron chi connectivity index (χ3n) is 2.90. The van der Waals surface area contributed by atoms with Gasteiger partial charge >= 0.3 is 0 Å². The summed E-state index contributed by atoms with van der Waals surface area (Å²) in [4.78, 5) is 13.4. The summed E-state index contributed by atoms with van der Waals surface area (Å²) in [5.41, 5.74) is 0.660. The highest BCUT2D eigenvalue weighted by molar-refractivity contribution is 5.85. The zero-order chi connectivity index (χ0) is 9.59. The molecule has 2 fully saturated rings. The molecule has 2 aliphatic rings. The molecule has 2 aliphatic heterocycles.